The van der Waals surface area contributed by atoms with E-state index in [0.29, 0.717) is 6.42 Å². The van der Waals surface area contributed by atoms with Gasteiger partial charge >= 0.3 is 0 Å². The molecule has 1 aromatic heterocycles. The number of carbonyl (C=O) groups is 1. The van der Waals surface area contributed by atoms with Crippen LogP contribution in [0.15, 0.2) is 30.5 Å². The predicted octanol–water partition coefficient (Wildman–Crippen LogP) is 2.80. The number of amides is 1. The largest absolute Gasteiger partial charge is 0.341 e. The lowest BCUT2D eigenvalue weighted by Gasteiger charge is -2.17. The summed E-state index contributed by atoms with van der Waals surface area (Å²) in [4.78, 5) is 14.2. The zero-order chi connectivity index (χ0) is 17.8. The van der Waals surface area contributed by atoms with E-state index >= 15 is 0 Å². The molecule has 1 aliphatic rings. The molecule has 1 N–H and O–H groups in total. The molecule has 1 amide bonds. The molecule has 1 atom stereocenters. The van der Waals surface area contributed by atoms with E-state index < -0.39 is 0 Å². The van der Waals surface area contributed by atoms with Crippen LogP contribution in [-0.4, -0.2) is 39.7 Å². The Morgan fingerprint density at radius 3 is 2.96 bits per heavy atom. The second kappa shape index (κ2) is 8.02. The number of nitrogens with one attached hydrogen (secondary N) is 1. The number of carbonyl (C=O) groups excluding carboxylic acids is 1. The van der Waals surface area contributed by atoms with E-state index in [2.05, 4.69) is 30.3 Å². The summed E-state index contributed by atoms with van der Waals surface area (Å²) in [6.45, 7) is 7.32. The monoisotopic (exact) mass is 360 g/mol. The van der Waals surface area contributed by atoms with Crippen molar-refractivity contribution in [1.82, 2.24) is 20.0 Å². The number of nitrogens with zero attached hydrogens (tertiary/aromatic N) is 3. The molecule has 0 spiro atoms. The van der Waals surface area contributed by atoms with Crippen LogP contribution in [0.5, 0.6) is 0 Å². The first-order chi connectivity index (χ1) is 12.1. The minimum atomic E-state index is 0.205. The Labute approximate surface area is 154 Å². The van der Waals surface area contributed by atoms with Crippen molar-refractivity contribution in [2.75, 3.05) is 13.1 Å². The third-order valence-electron chi connectivity index (χ3n) is 4.86. The van der Waals surface area contributed by atoms with Crippen molar-refractivity contribution in [2.24, 2.45) is 0 Å². The number of likely N-dealkylation sites (tertiary alicyclic amines) is 1. The van der Waals surface area contributed by atoms with Gasteiger partial charge in [-0.05, 0) is 38.0 Å². The SMILES string of the molecule is CCn1ncc(CN[C@@H]2CC(=O)N(CCc3cccc(Cl)c3)C2)c1C. The van der Waals surface area contributed by atoms with Gasteiger partial charge in [-0.15, -0.1) is 0 Å². The smallest absolute Gasteiger partial charge is 0.224 e. The van der Waals surface area contributed by atoms with Gasteiger partial charge in [-0.25, -0.2) is 0 Å². The fraction of sp³-hybridized carbons (Fsp3) is 0.474. The average molecular weight is 361 g/mol. The van der Waals surface area contributed by atoms with Crippen LogP contribution in [0.3, 0.4) is 0 Å². The maximum atomic E-state index is 12.2. The Morgan fingerprint density at radius 1 is 1.40 bits per heavy atom. The molecule has 0 radical (unpaired) electrons. The molecule has 3 rings (SSSR count). The summed E-state index contributed by atoms with van der Waals surface area (Å²) >= 11 is 6.02. The second-order valence-corrected chi connectivity index (χ2v) is 7.01. The van der Waals surface area contributed by atoms with E-state index in [0.717, 1.165) is 37.6 Å². The quantitative estimate of drug-likeness (QED) is 0.826. The molecule has 0 aliphatic carbocycles. The molecule has 0 bridgehead atoms. The van der Waals surface area contributed by atoms with Crippen molar-refractivity contribution in [3.05, 3.63) is 52.3 Å². The maximum Gasteiger partial charge on any atom is 0.224 e. The average Bonchev–Trinajstić information content (AvgIpc) is 3.13. The van der Waals surface area contributed by atoms with Crippen LogP contribution in [0.1, 0.15) is 30.2 Å². The molecule has 134 valence electrons. The lowest BCUT2D eigenvalue weighted by Crippen LogP contribution is -2.33. The van der Waals surface area contributed by atoms with Gasteiger partial charge in [-0.1, -0.05) is 23.7 Å². The van der Waals surface area contributed by atoms with E-state index in [1.165, 1.54) is 16.8 Å². The van der Waals surface area contributed by atoms with Gasteiger partial charge in [0, 0.05) is 54.9 Å². The Bertz CT molecular complexity index is 743. The first-order valence-electron chi connectivity index (χ1n) is 8.83. The van der Waals surface area contributed by atoms with Gasteiger partial charge in [0.25, 0.3) is 0 Å². The third kappa shape index (κ3) is 4.41. The lowest BCUT2D eigenvalue weighted by atomic mass is 10.1. The highest BCUT2D eigenvalue weighted by molar-refractivity contribution is 6.30. The molecule has 1 aromatic carbocycles. The zero-order valence-corrected chi connectivity index (χ0v) is 15.6. The predicted molar refractivity (Wildman–Crippen MR) is 99.6 cm³/mol. The first kappa shape index (κ1) is 18.0. The highest BCUT2D eigenvalue weighted by Gasteiger charge is 2.28. The van der Waals surface area contributed by atoms with Crippen LogP contribution in [-0.2, 0) is 24.3 Å². The Morgan fingerprint density at radius 2 is 2.24 bits per heavy atom. The van der Waals surface area contributed by atoms with Crippen molar-refractivity contribution < 1.29 is 4.79 Å². The number of halogens is 1. The Hall–Kier alpha value is -1.85. The second-order valence-electron chi connectivity index (χ2n) is 6.57. The summed E-state index contributed by atoms with van der Waals surface area (Å²) in [6.07, 6.45) is 3.32. The molecule has 0 unspecified atom stereocenters. The number of aromatic nitrogens is 2. The molecule has 25 heavy (non-hydrogen) atoms. The Kier molecular flexibility index (Phi) is 5.76. The summed E-state index contributed by atoms with van der Waals surface area (Å²) in [7, 11) is 0. The molecule has 0 saturated carbocycles. The van der Waals surface area contributed by atoms with Crippen molar-refractivity contribution >= 4 is 17.5 Å². The summed E-state index contributed by atoms with van der Waals surface area (Å²) in [5.74, 6) is 0.223. The van der Waals surface area contributed by atoms with Crippen molar-refractivity contribution in [3.63, 3.8) is 0 Å². The number of rotatable bonds is 7. The topological polar surface area (TPSA) is 50.2 Å². The minimum Gasteiger partial charge on any atom is -0.341 e. The van der Waals surface area contributed by atoms with Crippen LogP contribution >= 0.6 is 11.6 Å². The normalized spacial score (nSPS) is 17.5. The van der Waals surface area contributed by atoms with Gasteiger partial charge in [-0.2, -0.15) is 5.10 Å². The van der Waals surface area contributed by atoms with E-state index in [-0.39, 0.29) is 11.9 Å². The van der Waals surface area contributed by atoms with Crippen molar-refractivity contribution in [2.45, 2.75) is 45.8 Å². The van der Waals surface area contributed by atoms with E-state index in [9.17, 15) is 4.79 Å². The van der Waals surface area contributed by atoms with Crippen LogP contribution in [0.25, 0.3) is 0 Å². The van der Waals surface area contributed by atoms with Gasteiger partial charge in [0.1, 0.15) is 0 Å². The number of hydrogen-bond donors (Lipinski definition) is 1. The highest BCUT2D eigenvalue weighted by Crippen LogP contribution is 2.16. The maximum absolute atomic E-state index is 12.2. The fourth-order valence-electron chi connectivity index (χ4n) is 3.31. The summed E-state index contributed by atoms with van der Waals surface area (Å²) < 4.78 is 1.99. The minimum absolute atomic E-state index is 0.205. The molecule has 2 aromatic rings. The highest BCUT2D eigenvalue weighted by atomic mass is 35.5. The van der Waals surface area contributed by atoms with Gasteiger partial charge in [0.05, 0.1) is 6.20 Å². The molecule has 1 aliphatic heterocycles. The van der Waals surface area contributed by atoms with Crippen molar-refractivity contribution in [1.29, 1.82) is 0 Å². The van der Waals surface area contributed by atoms with E-state index in [4.69, 9.17) is 11.6 Å². The summed E-state index contributed by atoms with van der Waals surface area (Å²) in [5.41, 5.74) is 3.56. The van der Waals surface area contributed by atoms with Gasteiger partial charge < -0.3 is 10.2 Å². The molecular formula is C19H25ClN4O. The third-order valence-corrected chi connectivity index (χ3v) is 5.09. The van der Waals surface area contributed by atoms with Crippen LogP contribution in [0, 0.1) is 6.92 Å². The number of aryl methyl sites for hydroxylation is 1. The zero-order valence-electron chi connectivity index (χ0n) is 14.8. The van der Waals surface area contributed by atoms with Gasteiger partial charge in [-0.3, -0.25) is 9.48 Å². The molecule has 1 saturated heterocycles. The number of hydrogen-bond acceptors (Lipinski definition) is 3. The standard InChI is InChI=1S/C19H25ClN4O/c1-3-24-14(2)16(12-22-24)11-21-18-10-19(25)23(13-18)8-7-15-5-4-6-17(20)9-15/h4-6,9,12,18,21H,3,7-8,10-11,13H2,1-2H3/t18-/m1/s1. The van der Waals surface area contributed by atoms with Crippen LogP contribution < -0.4 is 5.32 Å². The lowest BCUT2D eigenvalue weighted by molar-refractivity contribution is -0.127. The molecular weight excluding hydrogens is 336 g/mol. The molecule has 2 heterocycles. The van der Waals surface area contributed by atoms with Gasteiger partial charge in [0.2, 0.25) is 5.91 Å². The molecule has 6 heteroatoms. The fourth-order valence-corrected chi connectivity index (χ4v) is 3.53. The molecule has 1 fully saturated rings. The van der Waals surface area contributed by atoms with Crippen LogP contribution in [0.4, 0.5) is 0 Å². The summed E-state index contributed by atoms with van der Waals surface area (Å²) in [6, 6.07) is 8.04. The first-order valence-corrected chi connectivity index (χ1v) is 9.21. The van der Waals surface area contributed by atoms with Gasteiger partial charge in [0.15, 0.2) is 0 Å². The van der Waals surface area contributed by atoms with E-state index in [1.54, 1.807) is 0 Å². The number of benzene rings is 1. The Balaban J connectivity index is 1.49. The molecule has 5 nitrogen and oxygen atoms in total. The summed E-state index contributed by atoms with van der Waals surface area (Å²) in [5, 5.41) is 8.62. The van der Waals surface area contributed by atoms with E-state index in [1.807, 2.05) is 34.0 Å². The van der Waals surface area contributed by atoms with Crippen molar-refractivity contribution in [3.8, 4) is 0 Å². The van der Waals surface area contributed by atoms with Crippen LogP contribution in [0.2, 0.25) is 5.02 Å².